The highest BCUT2D eigenvalue weighted by Crippen LogP contribution is 2.67. The van der Waals surface area contributed by atoms with Gasteiger partial charge in [-0.15, -0.1) is 11.3 Å². The van der Waals surface area contributed by atoms with Crippen molar-refractivity contribution in [2.75, 3.05) is 13.6 Å². The number of aliphatic hydroxyl groups is 1. The largest absolute Gasteiger partial charge is 0.393 e. The molecule has 0 aromatic carbocycles. The van der Waals surface area contributed by atoms with Crippen molar-refractivity contribution < 1.29 is 9.90 Å². The molecule has 5 heteroatoms. The minimum absolute atomic E-state index is 0.120. The van der Waals surface area contributed by atoms with E-state index < -0.39 is 0 Å². The molecular weight excluding hydrogens is 452 g/mol. The summed E-state index contributed by atoms with van der Waals surface area (Å²) >= 11 is 1.67. The predicted octanol–water partition coefficient (Wildman–Crippen LogP) is 6.50. The lowest BCUT2D eigenvalue weighted by Crippen LogP contribution is -2.50. The molecule has 0 radical (unpaired) electrons. The lowest BCUT2D eigenvalue weighted by atomic mass is 9.47. The van der Waals surface area contributed by atoms with Gasteiger partial charge in [0.05, 0.1) is 11.1 Å². The number of aromatic nitrogens is 1. The van der Waals surface area contributed by atoms with Crippen molar-refractivity contribution in [2.45, 2.75) is 97.5 Å². The van der Waals surface area contributed by atoms with Crippen LogP contribution in [0, 0.1) is 40.4 Å². The third kappa shape index (κ3) is 4.65. The van der Waals surface area contributed by atoms with Gasteiger partial charge < -0.3 is 10.0 Å². The molecule has 0 spiro atoms. The molecule has 0 saturated heterocycles. The molecule has 0 aliphatic heterocycles. The Bertz CT molecular complexity index is 929. The Morgan fingerprint density at radius 3 is 2.83 bits per heavy atom. The van der Waals surface area contributed by atoms with Crippen LogP contribution in [0.3, 0.4) is 0 Å². The lowest BCUT2D eigenvalue weighted by molar-refractivity contribution is -0.130. The van der Waals surface area contributed by atoms with Crippen LogP contribution in [0.25, 0.3) is 0 Å². The van der Waals surface area contributed by atoms with Gasteiger partial charge in [0.15, 0.2) is 0 Å². The minimum Gasteiger partial charge on any atom is -0.393 e. The summed E-state index contributed by atoms with van der Waals surface area (Å²) in [4.78, 5) is 19.1. The summed E-state index contributed by atoms with van der Waals surface area (Å²) in [5, 5.41) is 13.4. The van der Waals surface area contributed by atoms with E-state index in [1.165, 1.54) is 38.5 Å². The van der Waals surface area contributed by atoms with E-state index in [9.17, 15) is 9.90 Å². The van der Waals surface area contributed by atoms with E-state index >= 15 is 0 Å². The van der Waals surface area contributed by atoms with Crippen molar-refractivity contribution in [2.24, 2.45) is 40.4 Å². The quantitative estimate of drug-likeness (QED) is 0.437. The molecule has 1 amide bonds. The Morgan fingerprint density at radius 1 is 1.23 bits per heavy atom. The van der Waals surface area contributed by atoms with Crippen LogP contribution in [0.15, 0.2) is 23.2 Å². The van der Waals surface area contributed by atoms with E-state index in [2.05, 4.69) is 31.8 Å². The number of amides is 1. The number of hydrogen-bond acceptors (Lipinski definition) is 4. The van der Waals surface area contributed by atoms with Gasteiger partial charge in [-0.25, -0.2) is 4.98 Å². The molecule has 1 aromatic rings. The van der Waals surface area contributed by atoms with Crippen LogP contribution >= 0.6 is 11.3 Å². The zero-order valence-electron chi connectivity index (χ0n) is 22.3. The normalized spacial score (nSPS) is 39.2. The van der Waals surface area contributed by atoms with Crippen molar-refractivity contribution in [1.82, 2.24) is 9.88 Å². The summed E-state index contributed by atoms with van der Waals surface area (Å²) in [6, 6.07) is 0. The maximum atomic E-state index is 12.8. The van der Waals surface area contributed by atoms with Gasteiger partial charge in [-0.1, -0.05) is 32.4 Å². The zero-order valence-corrected chi connectivity index (χ0v) is 23.2. The van der Waals surface area contributed by atoms with Gasteiger partial charge in [0.1, 0.15) is 0 Å². The Morgan fingerprint density at radius 2 is 2.06 bits per heavy atom. The van der Waals surface area contributed by atoms with E-state index in [0.29, 0.717) is 23.2 Å². The van der Waals surface area contributed by atoms with Crippen LogP contribution in [-0.4, -0.2) is 40.6 Å². The summed E-state index contributed by atoms with van der Waals surface area (Å²) in [5.41, 5.74) is 2.32. The SMILES string of the molecule is C[C@H](CCC(=O)N(C)CCc1nccs1)[C@H]1CC[C@H]2[C@@H]3CC=C4C[C@@H](O)CC[C@]4(C)[C@H]3CC[C@]12C. The predicted molar refractivity (Wildman–Crippen MR) is 143 cm³/mol. The van der Waals surface area contributed by atoms with Gasteiger partial charge in [-0.2, -0.15) is 0 Å². The number of carbonyl (C=O) groups is 1. The topological polar surface area (TPSA) is 53.4 Å². The lowest BCUT2D eigenvalue weighted by Gasteiger charge is -2.58. The first-order valence-corrected chi connectivity index (χ1v) is 15.1. The van der Waals surface area contributed by atoms with Gasteiger partial charge in [-0.05, 0) is 98.2 Å². The number of rotatable bonds is 7. The highest BCUT2D eigenvalue weighted by molar-refractivity contribution is 7.09. The molecule has 3 fully saturated rings. The Balaban J connectivity index is 1.19. The Hall–Kier alpha value is -1.20. The second-order valence-electron chi connectivity index (χ2n) is 12.9. The molecule has 4 aliphatic carbocycles. The third-order valence-electron chi connectivity index (χ3n) is 11.2. The fraction of sp³-hybridized carbons (Fsp3) is 0.800. The first kappa shape index (κ1) is 25.4. The van der Waals surface area contributed by atoms with Crippen molar-refractivity contribution in [1.29, 1.82) is 0 Å². The minimum atomic E-state index is -0.120. The number of allylic oxidation sites excluding steroid dienone is 1. The van der Waals surface area contributed by atoms with Gasteiger partial charge in [0.25, 0.3) is 0 Å². The Kier molecular flexibility index (Phi) is 7.22. The summed E-state index contributed by atoms with van der Waals surface area (Å²) in [7, 11) is 1.95. The van der Waals surface area contributed by atoms with E-state index in [1.807, 2.05) is 23.5 Å². The molecule has 0 bridgehead atoms. The number of likely N-dealkylation sites (N-methyl/N-ethyl adjacent to an activating group) is 1. The molecule has 8 atom stereocenters. The van der Waals surface area contributed by atoms with E-state index in [0.717, 1.165) is 60.9 Å². The van der Waals surface area contributed by atoms with Gasteiger partial charge >= 0.3 is 0 Å². The average molecular weight is 499 g/mol. The van der Waals surface area contributed by atoms with E-state index in [1.54, 1.807) is 16.9 Å². The number of hydrogen-bond donors (Lipinski definition) is 1. The second-order valence-corrected chi connectivity index (χ2v) is 13.9. The van der Waals surface area contributed by atoms with Crippen LogP contribution in [0.1, 0.15) is 90.0 Å². The molecule has 0 unspecified atom stereocenters. The first-order chi connectivity index (χ1) is 16.7. The van der Waals surface area contributed by atoms with Crippen molar-refractivity contribution in [3.8, 4) is 0 Å². The van der Waals surface area contributed by atoms with Crippen molar-refractivity contribution in [3.63, 3.8) is 0 Å². The van der Waals surface area contributed by atoms with E-state index in [-0.39, 0.29) is 12.0 Å². The molecule has 4 nitrogen and oxygen atoms in total. The summed E-state index contributed by atoms with van der Waals surface area (Å²) in [5.74, 6) is 4.07. The van der Waals surface area contributed by atoms with Crippen LogP contribution in [0.5, 0.6) is 0 Å². The molecule has 3 saturated carbocycles. The molecule has 35 heavy (non-hydrogen) atoms. The summed E-state index contributed by atoms with van der Waals surface area (Å²) in [6.45, 7) is 8.32. The first-order valence-electron chi connectivity index (χ1n) is 14.2. The highest BCUT2D eigenvalue weighted by atomic mass is 32.1. The Labute approximate surface area is 216 Å². The third-order valence-corrected chi connectivity index (χ3v) is 12.1. The van der Waals surface area contributed by atoms with Crippen molar-refractivity contribution in [3.05, 3.63) is 28.2 Å². The molecule has 1 aromatic heterocycles. The number of fused-ring (bicyclic) bond motifs is 5. The standard InChI is InChI=1S/C30H46N2O2S/c1-20(5-10-28(34)32(4)17-13-27-31-16-18-35-27)24-8-9-25-23-7-6-21-19-22(33)11-14-29(21,2)26(23)12-15-30(24,25)3/h6,16,18,20,22-26,33H,5,7-15,17,19H2,1-4H3/t20-,22+,23+,24-,25+,26+,29+,30-/m1/s1. The fourth-order valence-corrected chi connectivity index (χ4v) is 9.73. The molecular formula is C30H46N2O2S. The highest BCUT2D eigenvalue weighted by Gasteiger charge is 2.59. The van der Waals surface area contributed by atoms with Gasteiger partial charge in [0.2, 0.25) is 5.91 Å². The number of thiazole rings is 1. The number of carbonyl (C=O) groups excluding carboxylic acids is 1. The van der Waals surface area contributed by atoms with Crippen molar-refractivity contribution >= 4 is 17.2 Å². The smallest absolute Gasteiger partial charge is 0.222 e. The number of nitrogens with zero attached hydrogens (tertiary/aromatic N) is 2. The van der Waals surface area contributed by atoms with Crippen LogP contribution < -0.4 is 0 Å². The molecule has 4 aliphatic rings. The molecule has 1 heterocycles. The number of aliphatic hydroxyl groups excluding tert-OH is 1. The monoisotopic (exact) mass is 498 g/mol. The molecule has 5 rings (SSSR count). The maximum Gasteiger partial charge on any atom is 0.222 e. The van der Waals surface area contributed by atoms with Crippen LogP contribution in [0.2, 0.25) is 0 Å². The summed E-state index contributed by atoms with van der Waals surface area (Å²) in [6.07, 6.45) is 16.5. The van der Waals surface area contributed by atoms with Gasteiger partial charge in [-0.3, -0.25) is 4.79 Å². The summed E-state index contributed by atoms with van der Waals surface area (Å²) < 4.78 is 0. The van der Waals surface area contributed by atoms with Crippen LogP contribution in [-0.2, 0) is 11.2 Å². The second kappa shape index (κ2) is 9.93. The molecule has 194 valence electrons. The maximum absolute atomic E-state index is 12.8. The van der Waals surface area contributed by atoms with Gasteiger partial charge in [0, 0.05) is 38.0 Å². The van der Waals surface area contributed by atoms with E-state index in [4.69, 9.17) is 0 Å². The fourth-order valence-electron chi connectivity index (χ4n) is 9.12. The average Bonchev–Trinajstić information content (AvgIpc) is 3.48. The molecule has 1 N–H and O–H groups in total. The van der Waals surface area contributed by atoms with Crippen LogP contribution in [0.4, 0.5) is 0 Å². The zero-order chi connectivity index (χ0) is 24.8.